The van der Waals surface area contributed by atoms with Gasteiger partial charge in [-0.1, -0.05) is 167 Å². The van der Waals surface area contributed by atoms with E-state index in [-0.39, 0.29) is 24.8 Å². The summed E-state index contributed by atoms with van der Waals surface area (Å²) in [5.41, 5.74) is 3.02. The molecule has 0 radical (unpaired) electrons. The Morgan fingerprint density at radius 2 is 0.552 bits per heavy atom. The van der Waals surface area contributed by atoms with Crippen molar-refractivity contribution < 1.29 is 33.9 Å². The molecule has 0 aromatic carbocycles. The smallest absolute Gasteiger partial charge is 0.169 e. The van der Waals surface area contributed by atoms with Crippen molar-refractivity contribution in [1.29, 1.82) is 0 Å². The second-order valence-corrected chi connectivity index (χ2v) is 17.4. The van der Waals surface area contributed by atoms with Crippen LogP contribution >= 0.6 is 0 Å². The van der Waals surface area contributed by atoms with Gasteiger partial charge < -0.3 is 24.8 Å². The quantitative estimate of drug-likeness (QED) is 0.0358. The van der Waals surface area contributed by atoms with Gasteiger partial charge in [-0.3, -0.25) is 0 Å². The predicted molar refractivity (Wildman–Crippen MR) is 247 cm³/mol. The molecule has 0 fully saturated rings. The van der Waals surface area contributed by atoms with Gasteiger partial charge in [-0.2, -0.15) is 0 Å². The van der Waals surface area contributed by atoms with Crippen molar-refractivity contribution in [3.8, 4) is 0 Å². The second kappa shape index (κ2) is 44.9. The summed E-state index contributed by atoms with van der Waals surface area (Å²) in [4.78, 5) is 0. The first-order chi connectivity index (χ1) is 27.8. The van der Waals surface area contributed by atoms with Crippen molar-refractivity contribution in [2.24, 2.45) is 0 Å². The molecule has 2 nitrogen and oxygen atoms in total. The minimum absolute atomic E-state index is 0. The zero-order valence-corrected chi connectivity index (χ0v) is 40.0. The average molecular weight is 842 g/mol. The van der Waals surface area contributed by atoms with E-state index in [0.29, 0.717) is 0 Å². The maximum atomic E-state index is 2.44. The summed E-state index contributed by atoms with van der Waals surface area (Å²) in [6.07, 6.45) is 68.2. The lowest BCUT2D eigenvalue weighted by Crippen LogP contribution is -3.00. The van der Waals surface area contributed by atoms with Crippen LogP contribution in [0.3, 0.4) is 0 Å². The summed E-state index contributed by atoms with van der Waals surface area (Å²) in [5, 5.41) is 0. The molecule has 0 aliphatic rings. The first kappa shape index (κ1) is 56.4. The highest BCUT2D eigenvalue weighted by molar-refractivity contribution is 5.07. The zero-order chi connectivity index (χ0) is 39.7. The zero-order valence-electron chi connectivity index (χ0n) is 38.4. The van der Waals surface area contributed by atoms with Crippen LogP contribution in [0.2, 0.25) is 0 Å². The molecule has 2 aromatic heterocycles. The van der Waals surface area contributed by atoms with Crippen LogP contribution in [-0.2, 0) is 25.9 Å². The Morgan fingerprint density at radius 1 is 0.310 bits per heavy atom. The van der Waals surface area contributed by atoms with Gasteiger partial charge in [0.1, 0.15) is 13.1 Å². The van der Waals surface area contributed by atoms with Crippen LogP contribution in [-0.4, -0.2) is 0 Å². The lowest BCUT2D eigenvalue weighted by Gasteiger charge is -2.03. The van der Waals surface area contributed by atoms with Gasteiger partial charge in [-0.15, -0.1) is 0 Å². The number of allylic oxidation sites excluding steroid dienone is 4. The Bertz CT molecular complexity index is 1050. The topological polar surface area (TPSA) is 7.76 Å². The van der Waals surface area contributed by atoms with Crippen molar-refractivity contribution in [3.63, 3.8) is 0 Å². The van der Waals surface area contributed by atoms with Gasteiger partial charge >= 0.3 is 0 Å². The highest BCUT2D eigenvalue weighted by atomic mass is 35.5. The minimum Gasteiger partial charge on any atom is -1.00 e. The fraction of sp³-hybridized carbons (Fsp3) is 0.741. The van der Waals surface area contributed by atoms with Crippen LogP contribution in [0.25, 0.3) is 0 Å². The highest BCUT2D eigenvalue weighted by Crippen LogP contribution is 2.14. The molecule has 58 heavy (non-hydrogen) atoms. The molecule has 2 aromatic rings. The van der Waals surface area contributed by atoms with Crippen molar-refractivity contribution in [2.75, 3.05) is 0 Å². The summed E-state index contributed by atoms with van der Waals surface area (Å²) < 4.78 is 4.77. The van der Waals surface area contributed by atoms with E-state index in [9.17, 15) is 0 Å². The van der Waals surface area contributed by atoms with Gasteiger partial charge in [0.05, 0.1) is 0 Å². The van der Waals surface area contributed by atoms with Crippen LogP contribution in [0.15, 0.2) is 73.4 Å². The first-order valence-electron chi connectivity index (χ1n) is 25.1. The van der Waals surface area contributed by atoms with Crippen molar-refractivity contribution in [1.82, 2.24) is 0 Å². The Morgan fingerprint density at radius 3 is 0.845 bits per heavy atom. The van der Waals surface area contributed by atoms with Gasteiger partial charge in [0, 0.05) is 37.1 Å². The monoisotopic (exact) mass is 841 g/mol. The number of hydrogen-bond acceptors (Lipinski definition) is 0. The average Bonchev–Trinajstić information content (AvgIpc) is 3.22. The van der Waals surface area contributed by atoms with Gasteiger partial charge in [-0.25, -0.2) is 9.13 Å². The molecule has 4 heteroatoms. The molecule has 0 amide bonds. The molecule has 2 rings (SSSR count). The van der Waals surface area contributed by atoms with E-state index in [1.165, 1.54) is 242 Å². The fourth-order valence-corrected chi connectivity index (χ4v) is 8.06. The van der Waals surface area contributed by atoms with Gasteiger partial charge in [-0.05, 0) is 101 Å². The lowest BCUT2D eigenvalue weighted by atomic mass is 10.0. The Kier molecular flexibility index (Phi) is 43.6. The molecule has 334 valence electrons. The Labute approximate surface area is 374 Å². The van der Waals surface area contributed by atoms with Gasteiger partial charge in [0.15, 0.2) is 24.8 Å². The molecule has 0 saturated carbocycles. The molecule has 0 spiro atoms. The van der Waals surface area contributed by atoms with E-state index < -0.39 is 0 Å². The number of pyridine rings is 2. The molecule has 0 atom stereocenters. The van der Waals surface area contributed by atoms with E-state index in [2.05, 4.69) is 96.3 Å². The van der Waals surface area contributed by atoms with Crippen LogP contribution in [0.5, 0.6) is 0 Å². The molecule has 0 unspecified atom stereocenters. The summed E-state index contributed by atoms with van der Waals surface area (Å²) >= 11 is 0. The van der Waals surface area contributed by atoms with Crippen molar-refractivity contribution >= 4 is 0 Å². The van der Waals surface area contributed by atoms with E-state index in [0.717, 1.165) is 13.1 Å². The maximum absolute atomic E-state index is 2.44. The van der Waals surface area contributed by atoms with Crippen LogP contribution < -0.4 is 33.9 Å². The van der Waals surface area contributed by atoms with E-state index in [1.807, 2.05) is 0 Å². The molecule has 0 bridgehead atoms. The minimum atomic E-state index is 0. The first-order valence-corrected chi connectivity index (χ1v) is 25.1. The summed E-state index contributed by atoms with van der Waals surface area (Å²) in [5.74, 6) is 0. The third-order valence-corrected chi connectivity index (χ3v) is 12.0. The van der Waals surface area contributed by atoms with Gasteiger partial charge in [0.2, 0.25) is 0 Å². The molecular weight excluding hydrogens is 748 g/mol. The molecule has 0 saturated heterocycles. The number of nitrogens with zero attached hydrogens (tertiary/aromatic N) is 2. The van der Waals surface area contributed by atoms with E-state index in [4.69, 9.17) is 0 Å². The van der Waals surface area contributed by atoms with Crippen molar-refractivity contribution in [3.05, 3.63) is 84.5 Å². The van der Waals surface area contributed by atoms with Gasteiger partial charge in [0.25, 0.3) is 0 Å². The summed E-state index contributed by atoms with van der Waals surface area (Å²) in [6, 6.07) is 9.44. The van der Waals surface area contributed by atoms with Crippen LogP contribution in [0.4, 0.5) is 0 Å². The van der Waals surface area contributed by atoms with E-state index >= 15 is 0 Å². The molecular formula is C54H94Cl2N2. The summed E-state index contributed by atoms with van der Waals surface area (Å²) in [6.45, 7) is 6.89. The largest absolute Gasteiger partial charge is 1.00 e. The number of aryl methyl sites for hydroxylation is 4. The lowest BCUT2D eigenvalue weighted by molar-refractivity contribution is -0.698. The number of aromatic nitrogens is 2. The molecule has 0 aliphatic carbocycles. The number of rotatable bonds is 41. The van der Waals surface area contributed by atoms with Crippen LogP contribution in [0.1, 0.15) is 243 Å². The highest BCUT2D eigenvalue weighted by Gasteiger charge is 2.05. The number of unbranched alkanes of at least 4 members (excludes halogenated alkanes) is 29. The van der Waals surface area contributed by atoms with Crippen LogP contribution in [0, 0.1) is 0 Å². The number of halogens is 2. The summed E-state index contributed by atoms with van der Waals surface area (Å²) in [7, 11) is 0. The maximum Gasteiger partial charge on any atom is 0.169 e. The van der Waals surface area contributed by atoms with E-state index in [1.54, 1.807) is 0 Å². The van der Waals surface area contributed by atoms with Crippen molar-refractivity contribution in [2.45, 2.75) is 258 Å². The predicted octanol–water partition coefficient (Wildman–Crippen LogP) is 10.5. The SMILES string of the molecule is CCCCCCCC/C=C\CCCCCCCCCc1cc[n+](CCCCCC[n+]2ccc(CCCCCCCCC/C=C/CCCCCCCC)cc2)cc1.[Cl-].[Cl-]. The Hall–Kier alpha value is -1.64. The Balaban J connectivity index is 0.0000162. The number of hydrogen-bond donors (Lipinski definition) is 0. The third kappa shape index (κ3) is 36.2. The third-order valence-electron chi connectivity index (χ3n) is 12.0. The standard InChI is InChI=1S/C54H94N2.2ClH/c1-3-5-7-9-11-13-15-17-19-21-23-25-27-29-31-33-37-41-53-43-49-55(50-44-53)47-39-35-36-40-48-56-51-45-54(46-52-56)42-38-34-32-30-28-26-24-22-20-18-16-14-12-10-8-6-4-2;;/h17-20,43-46,49-52H,3-16,21-42,47-48H2,1-2H3;2*1H/q+2;;/p-2/b19-17-,20-18+;;. The normalized spacial score (nSPS) is 11.4. The molecule has 0 N–H and O–H groups in total. The second-order valence-electron chi connectivity index (χ2n) is 17.4. The fourth-order valence-electron chi connectivity index (χ4n) is 8.06. The molecule has 2 heterocycles. The molecule has 0 aliphatic heterocycles.